The molecule has 8 nitrogen and oxygen atoms in total. The number of amides is 5. The summed E-state index contributed by atoms with van der Waals surface area (Å²) in [5.74, 6) is -0.803. The number of fused-ring (bicyclic) bond motifs is 2. The second kappa shape index (κ2) is 6.57. The van der Waals surface area contributed by atoms with Gasteiger partial charge in [0.2, 0.25) is 11.8 Å². The zero-order chi connectivity index (χ0) is 21.0. The molecule has 2 saturated heterocycles. The average Bonchev–Trinajstić information content (AvgIpc) is 3.24. The lowest BCUT2D eigenvalue weighted by Gasteiger charge is -2.34. The van der Waals surface area contributed by atoms with E-state index in [-0.39, 0.29) is 24.4 Å². The summed E-state index contributed by atoms with van der Waals surface area (Å²) in [6, 6.07) is 6.75. The minimum Gasteiger partial charge on any atom is -0.337 e. The van der Waals surface area contributed by atoms with Crippen LogP contribution in [0.15, 0.2) is 24.3 Å². The fourth-order valence-corrected chi connectivity index (χ4v) is 4.96. The highest BCUT2D eigenvalue weighted by Crippen LogP contribution is 2.49. The highest BCUT2D eigenvalue weighted by molar-refractivity contribution is 6.09. The van der Waals surface area contributed by atoms with Gasteiger partial charge < -0.3 is 15.5 Å². The molecule has 1 aromatic rings. The van der Waals surface area contributed by atoms with Crippen LogP contribution in [0.1, 0.15) is 45.6 Å². The van der Waals surface area contributed by atoms with Gasteiger partial charge >= 0.3 is 6.03 Å². The maximum absolute atomic E-state index is 13.2. The number of carbonyl (C=O) groups excluding carboxylic acids is 4. The van der Waals surface area contributed by atoms with Gasteiger partial charge in [-0.1, -0.05) is 31.5 Å². The molecule has 2 fully saturated rings. The zero-order valence-corrected chi connectivity index (χ0v) is 16.9. The van der Waals surface area contributed by atoms with Crippen LogP contribution in [0.25, 0.3) is 0 Å². The average molecular weight is 398 g/mol. The Kier molecular flexibility index (Phi) is 4.40. The third-order valence-corrected chi connectivity index (χ3v) is 6.37. The molecule has 0 unspecified atom stereocenters. The molecule has 2 N–H and O–H groups in total. The van der Waals surface area contributed by atoms with E-state index < -0.39 is 22.9 Å². The minimum atomic E-state index is -1.02. The van der Waals surface area contributed by atoms with Crippen molar-refractivity contribution in [1.29, 1.82) is 0 Å². The van der Waals surface area contributed by atoms with Crippen molar-refractivity contribution in [3.05, 3.63) is 29.8 Å². The Morgan fingerprint density at radius 3 is 2.59 bits per heavy atom. The van der Waals surface area contributed by atoms with E-state index in [0.29, 0.717) is 19.4 Å². The number of rotatable bonds is 4. The van der Waals surface area contributed by atoms with Gasteiger partial charge in [0.1, 0.15) is 12.1 Å². The number of likely N-dealkylation sites (tertiary alicyclic amines) is 1. The number of urea groups is 1. The van der Waals surface area contributed by atoms with Gasteiger partial charge in [-0.05, 0) is 38.3 Å². The lowest BCUT2D eigenvalue weighted by atomic mass is 9.73. The fourth-order valence-electron chi connectivity index (χ4n) is 4.96. The summed E-state index contributed by atoms with van der Waals surface area (Å²) in [5.41, 5.74) is -0.0752. The van der Waals surface area contributed by atoms with Crippen molar-refractivity contribution in [2.75, 3.05) is 18.4 Å². The van der Waals surface area contributed by atoms with Crippen molar-refractivity contribution in [2.45, 2.75) is 57.0 Å². The summed E-state index contributed by atoms with van der Waals surface area (Å²) in [4.78, 5) is 53.5. The predicted octanol–water partition coefficient (Wildman–Crippen LogP) is 1.61. The number of hydrogen-bond donors (Lipinski definition) is 2. The molecule has 0 aliphatic carbocycles. The molecule has 0 saturated carbocycles. The van der Waals surface area contributed by atoms with Crippen LogP contribution in [0, 0.1) is 0 Å². The maximum Gasteiger partial charge on any atom is 0.325 e. The van der Waals surface area contributed by atoms with Crippen molar-refractivity contribution in [3.63, 3.8) is 0 Å². The molecule has 3 aliphatic rings. The summed E-state index contributed by atoms with van der Waals surface area (Å²) in [5, 5.41) is 5.57. The van der Waals surface area contributed by atoms with Crippen molar-refractivity contribution < 1.29 is 19.2 Å². The van der Waals surface area contributed by atoms with Crippen LogP contribution >= 0.6 is 0 Å². The lowest BCUT2D eigenvalue weighted by Crippen LogP contribution is -2.51. The molecular formula is C21H26N4O4. The van der Waals surface area contributed by atoms with Crippen LogP contribution in [-0.2, 0) is 19.8 Å². The van der Waals surface area contributed by atoms with Crippen LogP contribution in [-0.4, -0.2) is 58.2 Å². The number of carbonyl (C=O) groups is 4. The number of nitrogens with zero attached hydrogens (tertiary/aromatic N) is 2. The number of para-hydroxylation sites is 1. The number of nitrogens with one attached hydrogen (secondary N) is 2. The highest BCUT2D eigenvalue weighted by atomic mass is 16.2. The first kappa shape index (κ1) is 19.4. The van der Waals surface area contributed by atoms with E-state index in [1.807, 2.05) is 31.2 Å². The van der Waals surface area contributed by atoms with E-state index in [0.717, 1.165) is 22.6 Å². The molecule has 0 radical (unpaired) electrons. The van der Waals surface area contributed by atoms with Gasteiger partial charge in [-0.25, -0.2) is 4.79 Å². The Bertz CT molecular complexity index is 912. The van der Waals surface area contributed by atoms with Crippen LogP contribution in [0.3, 0.4) is 0 Å². The molecule has 1 aromatic carbocycles. The number of benzene rings is 1. The standard InChI is InChI=1S/C21H26N4O4/c1-4-7-15-21(13-8-5-6-9-14(13)22-17(21)27)10-11-24(15)16(26)12-25-18(28)20(2,3)23-19(25)29/h5-6,8-9,15H,4,7,10-12H2,1-3H3,(H,22,27)(H,23,29)/t15-,21+/m0/s1. The van der Waals surface area contributed by atoms with E-state index in [2.05, 4.69) is 10.6 Å². The van der Waals surface area contributed by atoms with Gasteiger partial charge in [-0.3, -0.25) is 19.3 Å². The molecule has 3 aliphatic heterocycles. The largest absolute Gasteiger partial charge is 0.337 e. The van der Waals surface area contributed by atoms with Gasteiger partial charge in [0.05, 0.1) is 11.5 Å². The summed E-state index contributed by atoms with van der Waals surface area (Å²) >= 11 is 0. The van der Waals surface area contributed by atoms with E-state index in [1.165, 1.54) is 0 Å². The third-order valence-electron chi connectivity index (χ3n) is 6.37. The van der Waals surface area contributed by atoms with E-state index in [4.69, 9.17) is 0 Å². The van der Waals surface area contributed by atoms with Crippen molar-refractivity contribution in [3.8, 4) is 0 Å². The molecular weight excluding hydrogens is 372 g/mol. The van der Waals surface area contributed by atoms with Crippen LogP contribution in [0.5, 0.6) is 0 Å². The summed E-state index contributed by atoms with van der Waals surface area (Å²) in [6.07, 6.45) is 2.00. The summed E-state index contributed by atoms with van der Waals surface area (Å²) < 4.78 is 0. The van der Waals surface area contributed by atoms with Crippen LogP contribution in [0.2, 0.25) is 0 Å². The van der Waals surface area contributed by atoms with Gasteiger partial charge in [0.25, 0.3) is 5.91 Å². The van der Waals surface area contributed by atoms with Crippen molar-refractivity contribution in [2.24, 2.45) is 0 Å². The molecule has 8 heteroatoms. The second-order valence-electron chi connectivity index (χ2n) is 8.56. The Hall–Kier alpha value is -2.90. The van der Waals surface area contributed by atoms with Gasteiger partial charge in [-0.15, -0.1) is 0 Å². The Morgan fingerprint density at radius 2 is 1.93 bits per heavy atom. The molecule has 154 valence electrons. The number of imide groups is 1. The first-order valence-electron chi connectivity index (χ1n) is 10.1. The maximum atomic E-state index is 13.2. The van der Waals surface area contributed by atoms with Gasteiger partial charge in [-0.2, -0.15) is 0 Å². The van der Waals surface area contributed by atoms with Crippen LogP contribution < -0.4 is 10.6 Å². The summed E-state index contributed by atoms with van der Waals surface area (Å²) in [6.45, 7) is 5.35. The number of anilines is 1. The molecule has 0 aromatic heterocycles. The van der Waals surface area contributed by atoms with Gasteiger partial charge in [0.15, 0.2) is 0 Å². The van der Waals surface area contributed by atoms with E-state index in [1.54, 1.807) is 18.7 Å². The molecule has 3 heterocycles. The predicted molar refractivity (Wildman–Crippen MR) is 106 cm³/mol. The van der Waals surface area contributed by atoms with Crippen molar-refractivity contribution in [1.82, 2.24) is 15.1 Å². The molecule has 29 heavy (non-hydrogen) atoms. The summed E-state index contributed by atoms with van der Waals surface area (Å²) in [7, 11) is 0. The van der Waals surface area contributed by atoms with Gasteiger partial charge in [0, 0.05) is 12.2 Å². The minimum absolute atomic E-state index is 0.0800. The fraction of sp³-hybridized carbons (Fsp3) is 0.524. The van der Waals surface area contributed by atoms with Crippen LogP contribution in [0.4, 0.5) is 10.5 Å². The molecule has 4 rings (SSSR count). The molecule has 5 amide bonds. The molecule has 0 bridgehead atoms. The lowest BCUT2D eigenvalue weighted by molar-refractivity contribution is -0.139. The Balaban J connectivity index is 1.63. The Labute approximate surface area is 169 Å². The highest BCUT2D eigenvalue weighted by Gasteiger charge is 2.58. The Morgan fingerprint density at radius 1 is 1.21 bits per heavy atom. The second-order valence-corrected chi connectivity index (χ2v) is 8.56. The first-order chi connectivity index (χ1) is 13.7. The first-order valence-corrected chi connectivity index (χ1v) is 10.1. The smallest absolute Gasteiger partial charge is 0.325 e. The van der Waals surface area contributed by atoms with E-state index in [9.17, 15) is 19.2 Å². The monoisotopic (exact) mass is 398 g/mol. The zero-order valence-electron chi connectivity index (χ0n) is 16.9. The molecule has 2 atom stereocenters. The topological polar surface area (TPSA) is 98.8 Å². The SMILES string of the molecule is CCC[C@@H]1N(C(=O)CN2C(=O)NC(C)(C)C2=O)CC[C@]12C(=O)Nc1ccccc12. The normalized spacial score (nSPS) is 27.4. The van der Waals surface area contributed by atoms with Crippen molar-refractivity contribution >= 4 is 29.4 Å². The quantitative estimate of drug-likeness (QED) is 0.753. The number of hydrogen-bond acceptors (Lipinski definition) is 4. The molecule has 1 spiro atoms. The van der Waals surface area contributed by atoms with E-state index >= 15 is 0 Å². The third kappa shape index (κ3) is 2.73.